The molecule has 0 aliphatic rings. The summed E-state index contributed by atoms with van der Waals surface area (Å²) in [4.78, 5) is 32.2. The van der Waals surface area contributed by atoms with Gasteiger partial charge >= 0.3 is 5.97 Å². The fourth-order valence-electron chi connectivity index (χ4n) is 4.05. The number of nitrogens with two attached hydrogens (primary N) is 1. The number of alkyl halides is 2. The normalized spacial score (nSPS) is 12.2. The third-order valence-corrected chi connectivity index (χ3v) is 6.35. The van der Waals surface area contributed by atoms with Crippen LogP contribution in [0.25, 0.3) is 11.0 Å². The summed E-state index contributed by atoms with van der Waals surface area (Å²) >= 11 is 11.9. The Balaban J connectivity index is 0.00000380. The Hall–Kier alpha value is -2.30. The highest BCUT2D eigenvalue weighted by Crippen LogP contribution is 2.23. The van der Waals surface area contributed by atoms with E-state index >= 15 is 0 Å². The summed E-state index contributed by atoms with van der Waals surface area (Å²) < 4.78 is 20.3. The molecule has 13 heteroatoms. The van der Waals surface area contributed by atoms with Gasteiger partial charge in [0.05, 0.1) is 23.7 Å². The number of amides is 1. The van der Waals surface area contributed by atoms with Crippen LogP contribution in [0.2, 0.25) is 0 Å². The number of anilines is 1. The number of aryl methyl sites for hydroxylation is 1. The lowest BCUT2D eigenvalue weighted by Gasteiger charge is -2.22. The lowest BCUT2D eigenvalue weighted by Crippen LogP contribution is -2.50. The van der Waals surface area contributed by atoms with Crippen LogP contribution >= 0.6 is 48.0 Å². The number of carbonyl (C=O) groups is 2. The van der Waals surface area contributed by atoms with Crippen LogP contribution in [0.5, 0.6) is 0 Å². The van der Waals surface area contributed by atoms with Gasteiger partial charge in [-0.25, -0.2) is 14.2 Å². The second kappa shape index (κ2) is 16.7. The summed E-state index contributed by atoms with van der Waals surface area (Å²) in [6.45, 7) is 3.16. The van der Waals surface area contributed by atoms with E-state index in [2.05, 4.69) is 10.2 Å². The number of hydrogen-bond acceptors (Lipinski definition) is 6. The summed E-state index contributed by atoms with van der Waals surface area (Å²) in [6, 6.07) is 9.71. The van der Waals surface area contributed by atoms with E-state index in [9.17, 15) is 14.0 Å². The number of benzene rings is 2. The molecule has 0 aliphatic heterocycles. The van der Waals surface area contributed by atoms with Crippen LogP contribution in [-0.2, 0) is 34.2 Å². The quantitative estimate of drug-likeness (QED) is 0.220. The SMILES string of the molecule is CCOC(=O)C(Cc1ccc(F)cc1)NC(=O)C(N)Cc1nc2cc(N(CCCl)CCCl)ccc2n1C.Cl.Cl. The highest BCUT2D eigenvalue weighted by Gasteiger charge is 2.26. The zero-order valence-corrected chi connectivity index (χ0v) is 24.9. The molecule has 0 radical (unpaired) electrons. The van der Waals surface area contributed by atoms with E-state index in [-0.39, 0.29) is 50.1 Å². The predicted molar refractivity (Wildman–Crippen MR) is 159 cm³/mol. The van der Waals surface area contributed by atoms with Gasteiger partial charge in [-0.05, 0) is 42.8 Å². The molecule has 2 aromatic carbocycles. The summed E-state index contributed by atoms with van der Waals surface area (Å²) in [7, 11) is 1.86. The van der Waals surface area contributed by atoms with Crippen LogP contribution in [0, 0.1) is 5.82 Å². The molecule has 3 N–H and O–H groups in total. The molecule has 1 amide bonds. The van der Waals surface area contributed by atoms with Crippen LogP contribution in [0.15, 0.2) is 42.5 Å². The van der Waals surface area contributed by atoms with Crippen molar-refractivity contribution >= 4 is 76.6 Å². The summed E-state index contributed by atoms with van der Waals surface area (Å²) in [6.07, 6.45) is 0.305. The summed E-state index contributed by atoms with van der Waals surface area (Å²) in [5, 5.41) is 2.69. The van der Waals surface area contributed by atoms with Gasteiger partial charge in [-0.15, -0.1) is 48.0 Å². The first-order valence-electron chi connectivity index (χ1n) is 12.1. The number of hydrogen-bond donors (Lipinski definition) is 2. The number of esters is 1. The van der Waals surface area contributed by atoms with Crippen molar-refractivity contribution < 1.29 is 18.7 Å². The molecule has 3 aromatic rings. The van der Waals surface area contributed by atoms with Crippen molar-refractivity contribution in [3.05, 3.63) is 59.7 Å². The van der Waals surface area contributed by atoms with E-state index in [1.807, 2.05) is 29.8 Å². The molecule has 216 valence electrons. The molecule has 2 atom stereocenters. The molecule has 1 aromatic heterocycles. The smallest absolute Gasteiger partial charge is 0.328 e. The van der Waals surface area contributed by atoms with Crippen LogP contribution in [-0.4, -0.2) is 65.0 Å². The predicted octanol–water partition coefficient (Wildman–Crippen LogP) is 4.00. The molecule has 0 bridgehead atoms. The minimum Gasteiger partial charge on any atom is -0.464 e. The maximum Gasteiger partial charge on any atom is 0.328 e. The number of fused-ring (bicyclic) bond motifs is 1. The fraction of sp³-hybridized carbons (Fsp3) is 0.423. The first-order chi connectivity index (χ1) is 17.8. The van der Waals surface area contributed by atoms with Crippen molar-refractivity contribution in [2.75, 3.05) is 36.4 Å². The Morgan fingerprint density at radius 3 is 2.33 bits per heavy atom. The molecule has 0 fully saturated rings. The van der Waals surface area contributed by atoms with Crippen molar-refractivity contribution in [3.8, 4) is 0 Å². The zero-order valence-electron chi connectivity index (χ0n) is 21.7. The topological polar surface area (TPSA) is 102 Å². The highest BCUT2D eigenvalue weighted by atomic mass is 35.5. The van der Waals surface area contributed by atoms with E-state index in [4.69, 9.17) is 38.7 Å². The van der Waals surface area contributed by atoms with E-state index in [1.54, 1.807) is 19.1 Å². The van der Waals surface area contributed by atoms with Crippen LogP contribution in [0.1, 0.15) is 18.3 Å². The van der Waals surface area contributed by atoms with Gasteiger partial charge in [-0.3, -0.25) is 4.79 Å². The molecule has 3 rings (SSSR count). The Kier molecular flexibility index (Phi) is 14.9. The second-order valence-corrected chi connectivity index (χ2v) is 9.34. The molecule has 0 saturated heterocycles. The third-order valence-electron chi connectivity index (χ3n) is 6.01. The van der Waals surface area contributed by atoms with E-state index in [0.717, 1.165) is 16.7 Å². The van der Waals surface area contributed by atoms with Crippen molar-refractivity contribution in [3.63, 3.8) is 0 Å². The van der Waals surface area contributed by atoms with Crippen LogP contribution in [0.3, 0.4) is 0 Å². The molecule has 8 nitrogen and oxygen atoms in total. The van der Waals surface area contributed by atoms with Crippen molar-refractivity contribution in [1.82, 2.24) is 14.9 Å². The van der Waals surface area contributed by atoms with Gasteiger partial charge in [0.25, 0.3) is 0 Å². The number of nitrogens with zero attached hydrogens (tertiary/aromatic N) is 3. The van der Waals surface area contributed by atoms with Gasteiger partial charge in [0.15, 0.2) is 0 Å². The van der Waals surface area contributed by atoms with Gasteiger partial charge < -0.3 is 25.3 Å². The lowest BCUT2D eigenvalue weighted by molar-refractivity contribution is -0.147. The monoisotopic (exact) mass is 623 g/mol. The first-order valence-corrected chi connectivity index (χ1v) is 13.1. The summed E-state index contributed by atoms with van der Waals surface area (Å²) in [5.41, 5.74) is 9.52. The number of nitrogens with one attached hydrogen (secondary N) is 1. The maximum absolute atomic E-state index is 13.3. The molecule has 39 heavy (non-hydrogen) atoms. The molecule has 0 spiro atoms. The lowest BCUT2D eigenvalue weighted by atomic mass is 10.0. The number of ether oxygens (including phenoxy) is 1. The number of rotatable bonds is 13. The van der Waals surface area contributed by atoms with E-state index in [0.29, 0.717) is 36.2 Å². The average Bonchev–Trinajstić information content (AvgIpc) is 3.19. The molecule has 0 saturated carbocycles. The van der Waals surface area contributed by atoms with Gasteiger partial charge in [0, 0.05) is 50.4 Å². The first kappa shape index (κ1) is 34.7. The van der Waals surface area contributed by atoms with Gasteiger partial charge in [-0.2, -0.15) is 0 Å². The van der Waals surface area contributed by atoms with Gasteiger partial charge in [0.2, 0.25) is 5.91 Å². The molecular weight excluding hydrogens is 591 g/mol. The Morgan fingerprint density at radius 2 is 1.74 bits per heavy atom. The van der Waals surface area contributed by atoms with Crippen molar-refractivity contribution in [2.45, 2.75) is 31.8 Å². The number of aromatic nitrogens is 2. The average molecular weight is 625 g/mol. The fourth-order valence-corrected chi connectivity index (χ4v) is 4.46. The maximum atomic E-state index is 13.3. The molecule has 0 aliphatic carbocycles. The number of carbonyl (C=O) groups excluding carboxylic acids is 2. The summed E-state index contributed by atoms with van der Waals surface area (Å²) in [5.74, 6) is 0.0928. The third kappa shape index (κ3) is 9.39. The van der Waals surface area contributed by atoms with Gasteiger partial charge in [0.1, 0.15) is 17.7 Å². The van der Waals surface area contributed by atoms with Crippen LogP contribution in [0.4, 0.5) is 10.1 Å². The Labute approximate surface area is 250 Å². The number of halogens is 5. The Morgan fingerprint density at radius 1 is 1.10 bits per heavy atom. The molecule has 1 heterocycles. The largest absolute Gasteiger partial charge is 0.464 e. The van der Waals surface area contributed by atoms with Crippen LogP contribution < -0.4 is 16.0 Å². The number of imidazole rings is 1. The molecular formula is C26H34Cl4FN5O3. The Bertz CT molecular complexity index is 1210. The minimum atomic E-state index is -0.957. The zero-order chi connectivity index (χ0) is 26.9. The highest BCUT2D eigenvalue weighted by molar-refractivity contribution is 6.18. The van der Waals surface area contributed by atoms with E-state index < -0.39 is 24.0 Å². The van der Waals surface area contributed by atoms with E-state index in [1.165, 1.54) is 12.1 Å². The molecule has 2 unspecified atom stereocenters. The standard InChI is InChI=1S/C26H32Cl2FN5O3.2ClH/c1-3-37-26(36)22(14-17-4-6-18(29)7-5-17)32-25(35)20(30)16-24-31-21-15-19(8-9-23(21)33(24)2)34(12-10-27)13-11-28;;/h4-9,15,20,22H,3,10-14,16,30H2,1-2H3,(H,32,35);2*1H. The second-order valence-electron chi connectivity index (χ2n) is 8.58. The minimum absolute atomic E-state index is 0. The van der Waals surface area contributed by atoms with Gasteiger partial charge in [-0.1, -0.05) is 12.1 Å². The van der Waals surface area contributed by atoms with Crippen molar-refractivity contribution in [2.24, 2.45) is 12.8 Å². The van der Waals surface area contributed by atoms with Crippen molar-refractivity contribution in [1.29, 1.82) is 0 Å².